The maximum absolute atomic E-state index is 11.9. The third kappa shape index (κ3) is 2.74. The Labute approximate surface area is 128 Å². The molecule has 1 fully saturated rings. The van der Waals surface area contributed by atoms with E-state index in [9.17, 15) is 8.42 Å². The molecule has 0 amide bonds. The Hall–Kier alpha value is -1.27. The molecule has 1 saturated heterocycles. The van der Waals surface area contributed by atoms with E-state index in [0.29, 0.717) is 12.2 Å². The molecule has 1 atom stereocenters. The second-order valence-corrected chi connectivity index (χ2v) is 7.79. The average Bonchev–Trinajstić information content (AvgIpc) is 2.83. The molecule has 21 heavy (non-hydrogen) atoms. The van der Waals surface area contributed by atoms with Gasteiger partial charge in [0.15, 0.2) is 9.84 Å². The maximum Gasteiger partial charge on any atom is 0.152 e. The van der Waals surface area contributed by atoms with E-state index in [1.807, 2.05) is 22.8 Å². The number of methoxy groups -OCH3 is 1. The van der Waals surface area contributed by atoms with Gasteiger partial charge in [0.25, 0.3) is 0 Å². The number of alkyl halides is 1. The van der Waals surface area contributed by atoms with Gasteiger partial charge in [0.1, 0.15) is 11.6 Å². The highest BCUT2D eigenvalue weighted by atomic mass is 35.5. The molecule has 0 radical (unpaired) electrons. The zero-order valence-corrected chi connectivity index (χ0v) is 13.3. The Morgan fingerprint density at radius 1 is 1.48 bits per heavy atom. The van der Waals surface area contributed by atoms with Crippen molar-refractivity contribution in [2.75, 3.05) is 18.6 Å². The Morgan fingerprint density at radius 3 is 2.95 bits per heavy atom. The monoisotopic (exact) mass is 328 g/mol. The summed E-state index contributed by atoms with van der Waals surface area (Å²) in [6, 6.07) is 5.50. The van der Waals surface area contributed by atoms with Gasteiger partial charge in [-0.1, -0.05) is 0 Å². The van der Waals surface area contributed by atoms with Crippen molar-refractivity contribution in [3.8, 4) is 5.75 Å². The first-order chi connectivity index (χ1) is 10.0. The lowest BCUT2D eigenvalue weighted by molar-refractivity contribution is 0.414. The van der Waals surface area contributed by atoms with Crippen LogP contribution in [-0.2, 0) is 15.7 Å². The van der Waals surface area contributed by atoms with Crippen molar-refractivity contribution in [3.05, 3.63) is 24.0 Å². The van der Waals surface area contributed by atoms with Crippen LogP contribution in [0.4, 0.5) is 0 Å². The van der Waals surface area contributed by atoms with Crippen LogP contribution in [0.15, 0.2) is 18.2 Å². The van der Waals surface area contributed by atoms with E-state index in [1.165, 1.54) is 0 Å². The zero-order chi connectivity index (χ0) is 15.0. The first-order valence-corrected chi connectivity index (χ1v) is 9.21. The lowest BCUT2D eigenvalue weighted by atomic mass is 10.1. The minimum Gasteiger partial charge on any atom is -0.497 e. The fourth-order valence-corrected chi connectivity index (χ4v) is 4.82. The summed E-state index contributed by atoms with van der Waals surface area (Å²) >= 11 is 6.00. The van der Waals surface area contributed by atoms with Crippen LogP contribution in [0.2, 0.25) is 0 Å². The average molecular weight is 329 g/mol. The number of benzene rings is 1. The third-order valence-corrected chi connectivity index (χ3v) is 5.94. The fourth-order valence-electron chi connectivity index (χ4n) is 2.95. The fraction of sp³-hybridized carbons (Fsp3) is 0.500. The summed E-state index contributed by atoms with van der Waals surface area (Å²) in [7, 11) is -1.38. The maximum atomic E-state index is 11.9. The van der Waals surface area contributed by atoms with Gasteiger partial charge in [-0.05, 0) is 25.0 Å². The summed E-state index contributed by atoms with van der Waals surface area (Å²) in [5.74, 6) is 2.12. The molecule has 114 valence electrons. The second-order valence-electron chi connectivity index (χ2n) is 5.30. The van der Waals surface area contributed by atoms with Gasteiger partial charge in [-0.3, -0.25) is 0 Å². The van der Waals surface area contributed by atoms with Crippen molar-refractivity contribution in [2.24, 2.45) is 0 Å². The van der Waals surface area contributed by atoms with Crippen molar-refractivity contribution < 1.29 is 13.2 Å². The van der Waals surface area contributed by atoms with E-state index in [0.717, 1.165) is 23.2 Å². The Balaban J connectivity index is 2.15. The van der Waals surface area contributed by atoms with Crippen LogP contribution < -0.4 is 4.74 Å². The minimum absolute atomic E-state index is 0.102. The third-order valence-electron chi connectivity index (χ3n) is 3.89. The van der Waals surface area contributed by atoms with Gasteiger partial charge in [-0.15, -0.1) is 11.6 Å². The molecule has 1 aromatic heterocycles. The van der Waals surface area contributed by atoms with Crippen molar-refractivity contribution in [1.82, 2.24) is 9.55 Å². The molecule has 0 saturated carbocycles. The van der Waals surface area contributed by atoms with E-state index in [2.05, 4.69) is 4.98 Å². The van der Waals surface area contributed by atoms with Crippen LogP contribution in [0.5, 0.6) is 5.75 Å². The summed E-state index contributed by atoms with van der Waals surface area (Å²) in [6.07, 6.45) is 1.50. The van der Waals surface area contributed by atoms with E-state index in [1.54, 1.807) is 7.11 Å². The first-order valence-electron chi connectivity index (χ1n) is 6.85. The minimum atomic E-state index is -2.99. The molecule has 7 heteroatoms. The number of hydrogen-bond acceptors (Lipinski definition) is 4. The van der Waals surface area contributed by atoms with E-state index in [-0.39, 0.29) is 23.4 Å². The molecule has 1 aromatic carbocycles. The quantitative estimate of drug-likeness (QED) is 0.812. The predicted octanol–water partition coefficient (Wildman–Crippen LogP) is 2.53. The van der Waals surface area contributed by atoms with Gasteiger partial charge < -0.3 is 9.30 Å². The number of rotatable bonds is 3. The van der Waals surface area contributed by atoms with E-state index in [4.69, 9.17) is 16.3 Å². The normalized spacial score (nSPS) is 21.5. The number of ether oxygens (including phenoxy) is 1. The van der Waals surface area contributed by atoms with Crippen LogP contribution in [-0.4, -0.2) is 36.6 Å². The number of imidazole rings is 1. The van der Waals surface area contributed by atoms with Gasteiger partial charge >= 0.3 is 0 Å². The van der Waals surface area contributed by atoms with Gasteiger partial charge in [0, 0.05) is 12.1 Å². The first kappa shape index (κ1) is 14.7. The second kappa shape index (κ2) is 5.50. The van der Waals surface area contributed by atoms with Crippen molar-refractivity contribution >= 4 is 32.5 Å². The van der Waals surface area contributed by atoms with Gasteiger partial charge in [0.05, 0.1) is 35.5 Å². The highest BCUT2D eigenvalue weighted by Crippen LogP contribution is 2.31. The summed E-state index contributed by atoms with van der Waals surface area (Å²) in [5, 5.41) is 0. The van der Waals surface area contributed by atoms with Crippen molar-refractivity contribution in [1.29, 1.82) is 0 Å². The Kier molecular flexibility index (Phi) is 3.84. The number of nitrogens with zero attached hydrogens (tertiary/aromatic N) is 2. The van der Waals surface area contributed by atoms with E-state index >= 15 is 0 Å². The van der Waals surface area contributed by atoms with E-state index < -0.39 is 9.84 Å². The molecule has 5 nitrogen and oxygen atoms in total. The molecule has 1 aliphatic heterocycles. The molecule has 0 N–H and O–H groups in total. The lowest BCUT2D eigenvalue weighted by Crippen LogP contribution is -2.28. The standard InChI is InChI=1S/C14H17ClN2O3S/c1-20-11-4-5-12-13(7-11)17(14(8-15)16-12)10-3-2-6-21(18,19)9-10/h4-5,7,10H,2-3,6,8-9H2,1H3. The number of fused-ring (bicyclic) bond motifs is 1. The smallest absolute Gasteiger partial charge is 0.152 e. The summed E-state index contributed by atoms with van der Waals surface area (Å²) in [5.41, 5.74) is 1.70. The Bertz CT molecular complexity index is 770. The van der Waals surface area contributed by atoms with Gasteiger partial charge in [-0.25, -0.2) is 13.4 Å². The van der Waals surface area contributed by atoms with Crippen molar-refractivity contribution in [2.45, 2.75) is 24.8 Å². The van der Waals surface area contributed by atoms with Crippen LogP contribution in [0, 0.1) is 0 Å². The number of halogens is 1. The van der Waals surface area contributed by atoms with Crippen LogP contribution in [0.1, 0.15) is 24.7 Å². The van der Waals surface area contributed by atoms with Gasteiger partial charge in [0.2, 0.25) is 0 Å². The number of sulfone groups is 1. The van der Waals surface area contributed by atoms with Crippen LogP contribution >= 0.6 is 11.6 Å². The molecule has 3 rings (SSSR count). The van der Waals surface area contributed by atoms with Gasteiger partial charge in [-0.2, -0.15) is 0 Å². The molecular weight excluding hydrogens is 312 g/mol. The molecule has 2 heterocycles. The van der Waals surface area contributed by atoms with Crippen LogP contribution in [0.3, 0.4) is 0 Å². The number of aromatic nitrogens is 2. The molecular formula is C14H17ClN2O3S. The lowest BCUT2D eigenvalue weighted by Gasteiger charge is -2.25. The Morgan fingerprint density at radius 2 is 2.29 bits per heavy atom. The number of hydrogen-bond donors (Lipinski definition) is 0. The molecule has 1 unspecified atom stereocenters. The highest BCUT2D eigenvalue weighted by molar-refractivity contribution is 7.91. The molecule has 0 spiro atoms. The van der Waals surface area contributed by atoms with Crippen molar-refractivity contribution in [3.63, 3.8) is 0 Å². The largest absolute Gasteiger partial charge is 0.497 e. The molecule has 0 aliphatic carbocycles. The highest BCUT2D eigenvalue weighted by Gasteiger charge is 2.28. The zero-order valence-electron chi connectivity index (χ0n) is 11.8. The molecule has 2 aromatic rings. The summed E-state index contributed by atoms with van der Waals surface area (Å²) in [4.78, 5) is 4.51. The molecule has 1 aliphatic rings. The topological polar surface area (TPSA) is 61.2 Å². The van der Waals surface area contributed by atoms with Crippen LogP contribution in [0.25, 0.3) is 11.0 Å². The molecule has 0 bridgehead atoms. The SMILES string of the molecule is COc1ccc2nc(CCl)n(C3CCCS(=O)(=O)C3)c2c1. The summed E-state index contributed by atoms with van der Waals surface area (Å²) in [6.45, 7) is 0. The summed E-state index contributed by atoms with van der Waals surface area (Å²) < 4.78 is 31.1. The predicted molar refractivity (Wildman–Crippen MR) is 82.8 cm³/mol.